The number of aliphatic hydroxyl groups excluding tert-OH is 2. The second-order valence-electron chi connectivity index (χ2n) is 14.4. The van der Waals surface area contributed by atoms with Gasteiger partial charge in [-0.1, -0.05) is 192 Å². The summed E-state index contributed by atoms with van der Waals surface area (Å²) in [6, 6.07) is -0.638. The molecule has 0 rings (SSSR count). The highest BCUT2D eigenvalue weighted by molar-refractivity contribution is 5.76. The van der Waals surface area contributed by atoms with Crippen LogP contribution >= 0.6 is 0 Å². The summed E-state index contributed by atoms with van der Waals surface area (Å²) in [4.78, 5) is 12.4. The zero-order chi connectivity index (χ0) is 35.0. The van der Waals surface area contributed by atoms with Crippen molar-refractivity contribution in [2.24, 2.45) is 0 Å². The van der Waals surface area contributed by atoms with E-state index in [0.29, 0.717) is 6.42 Å². The van der Waals surface area contributed by atoms with E-state index in [1.54, 1.807) is 6.08 Å². The van der Waals surface area contributed by atoms with Crippen LogP contribution in [0.1, 0.15) is 219 Å². The highest BCUT2D eigenvalue weighted by Crippen LogP contribution is 2.14. The maximum absolute atomic E-state index is 12.4. The lowest BCUT2D eigenvalue weighted by atomic mass is 10.0. The highest BCUT2D eigenvalue weighted by Gasteiger charge is 2.17. The van der Waals surface area contributed by atoms with E-state index < -0.39 is 12.1 Å². The van der Waals surface area contributed by atoms with E-state index in [1.807, 2.05) is 6.08 Å². The molecule has 0 aliphatic rings. The molecule has 4 nitrogen and oxygen atoms in total. The largest absolute Gasteiger partial charge is 0.394 e. The molecule has 282 valence electrons. The predicted molar refractivity (Wildman–Crippen MR) is 212 cm³/mol. The molecule has 0 heterocycles. The summed E-state index contributed by atoms with van der Waals surface area (Å²) in [6.45, 7) is 4.29. The first-order valence-corrected chi connectivity index (χ1v) is 21.2. The van der Waals surface area contributed by atoms with Crippen molar-refractivity contribution >= 4 is 5.91 Å². The monoisotopic (exact) mass is 674 g/mol. The lowest BCUT2D eigenvalue weighted by Gasteiger charge is -2.19. The SMILES string of the molecule is CCCCCCCC/C=C/CCCCCCCCCCCC(=O)N[C@@H](CO)[C@H](O)/C=C/CC/C=C/CCCCCCCCCCCCC. The van der Waals surface area contributed by atoms with E-state index in [2.05, 4.69) is 43.5 Å². The summed E-state index contributed by atoms with van der Waals surface area (Å²) >= 11 is 0. The Bertz CT molecular complexity index is 731. The Morgan fingerprint density at radius 1 is 0.479 bits per heavy atom. The van der Waals surface area contributed by atoms with Crippen LogP contribution in [-0.4, -0.2) is 34.9 Å². The number of unbranched alkanes of at least 4 members (excludes halogenated alkanes) is 27. The maximum atomic E-state index is 12.4. The molecule has 0 bridgehead atoms. The molecule has 0 aliphatic carbocycles. The molecule has 0 radical (unpaired) electrons. The first-order chi connectivity index (χ1) is 23.7. The van der Waals surface area contributed by atoms with Gasteiger partial charge in [0.15, 0.2) is 0 Å². The van der Waals surface area contributed by atoms with Gasteiger partial charge < -0.3 is 15.5 Å². The Balaban J connectivity index is 3.62. The van der Waals surface area contributed by atoms with Gasteiger partial charge in [-0.2, -0.15) is 0 Å². The van der Waals surface area contributed by atoms with Gasteiger partial charge in [0.25, 0.3) is 0 Å². The highest BCUT2D eigenvalue weighted by atomic mass is 16.3. The fraction of sp³-hybridized carbons (Fsp3) is 0.841. The topological polar surface area (TPSA) is 69.6 Å². The maximum Gasteiger partial charge on any atom is 0.220 e. The number of carbonyl (C=O) groups is 1. The summed E-state index contributed by atoms with van der Waals surface area (Å²) in [5, 5.41) is 23.0. The lowest BCUT2D eigenvalue weighted by molar-refractivity contribution is -0.123. The van der Waals surface area contributed by atoms with Gasteiger partial charge in [-0.25, -0.2) is 0 Å². The summed E-state index contributed by atoms with van der Waals surface area (Å²) < 4.78 is 0. The number of allylic oxidation sites excluding steroid dienone is 5. The Kier molecular flexibility index (Phi) is 38.9. The third-order valence-corrected chi connectivity index (χ3v) is 9.60. The number of nitrogens with one attached hydrogen (secondary N) is 1. The van der Waals surface area contributed by atoms with Crippen molar-refractivity contribution in [2.75, 3.05) is 6.61 Å². The van der Waals surface area contributed by atoms with E-state index >= 15 is 0 Å². The van der Waals surface area contributed by atoms with Crippen LogP contribution in [0.25, 0.3) is 0 Å². The first-order valence-electron chi connectivity index (χ1n) is 21.2. The molecular formula is C44H83NO3. The summed E-state index contributed by atoms with van der Waals surface area (Å²) in [7, 11) is 0. The molecule has 0 saturated heterocycles. The van der Waals surface area contributed by atoms with Crippen molar-refractivity contribution in [2.45, 2.75) is 231 Å². The lowest BCUT2D eigenvalue weighted by Crippen LogP contribution is -2.45. The molecule has 2 atom stereocenters. The fourth-order valence-electron chi connectivity index (χ4n) is 6.31. The molecule has 1 amide bonds. The summed E-state index contributed by atoms with van der Waals surface area (Å²) in [5.74, 6) is -0.0761. The van der Waals surface area contributed by atoms with Crippen LogP contribution in [0.15, 0.2) is 36.5 Å². The average Bonchev–Trinajstić information content (AvgIpc) is 3.09. The van der Waals surface area contributed by atoms with E-state index in [4.69, 9.17) is 0 Å². The minimum Gasteiger partial charge on any atom is -0.394 e. The molecular weight excluding hydrogens is 590 g/mol. The van der Waals surface area contributed by atoms with E-state index in [1.165, 1.54) is 167 Å². The van der Waals surface area contributed by atoms with E-state index in [-0.39, 0.29) is 12.5 Å². The number of aliphatic hydroxyl groups is 2. The molecule has 0 aromatic carbocycles. The van der Waals surface area contributed by atoms with Crippen molar-refractivity contribution in [3.63, 3.8) is 0 Å². The Labute approximate surface area is 300 Å². The molecule has 0 aliphatic heterocycles. The van der Waals surface area contributed by atoms with Crippen LogP contribution in [0.2, 0.25) is 0 Å². The molecule has 0 fully saturated rings. The average molecular weight is 674 g/mol. The van der Waals surface area contributed by atoms with Crippen LogP contribution in [0.5, 0.6) is 0 Å². The molecule has 0 aromatic rings. The zero-order valence-corrected chi connectivity index (χ0v) is 32.3. The van der Waals surface area contributed by atoms with Crippen molar-refractivity contribution in [3.05, 3.63) is 36.5 Å². The number of amides is 1. The van der Waals surface area contributed by atoms with Crippen LogP contribution in [-0.2, 0) is 4.79 Å². The third-order valence-electron chi connectivity index (χ3n) is 9.60. The van der Waals surface area contributed by atoms with Gasteiger partial charge in [-0.15, -0.1) is 0 Å². The minimum absolute atomic E-state index is 0.0761. The normalized spacial score (nSPS) is 13.3. The molecule has 0 unspecified atom stereocenters. The molecule has 0 spiro atoms. The van der Waals surface area contributed by atoms with Gasteiger partial charge in [0.1, 0.15) is 0 Å². The van der Waals surface area contributed by atoms with Crippen LogP contribution in [0, 0.1) is 0 Å². The van der Waals surface area contributed by atoms with Crippen LogP contribution in [0.4, 0.5) is 0 Å². The minimum atomic E-state index is -0.861. The molecule has 0 aromatic heterocycles. The summed E-state index contributed by atoms with van der Waals surface area (Å²) in [5.41, 5.74) is 0. The van der Waals surface area contributed by atoms with Gasteiger partial charge in [-0.05, 0) is 57.8 Å². The van der Waals surface area contributed by atoms with Crippen molar-refractivity contribution in [3.8, 4) is 0 Å². The van der Waals surface area contributed by atoms with Gasteiger partial charge in [-0.3, -0.25) is 4.79 Å². The predicted octanol–water partition coefficient (Wildman–Crippen LogP) is 13.0. The van der Waals surface area contributed by atoms with Crippen molar-refractivity contribution < 1.29 is 15.0 Å². The van der Waals surface area contributed by atoms with Gasteiger partial charge >= 0.3 is 0 Å². The third kappa shape index (κ3) is 35.9. The van der Waals surface area contributed by atoms with Crippen molar-refractivity contribution in [1.82, 2.24) is 5.32 Å². The number of carbonyl (C=O) groups excluding carboxylic acids is 1. The molecule has 48 heavy (non-hydrogen) atoms. The van der Waals surface area contributed by atoms with Crippen molar-refractivity contribution in [1.29, 1.82) is 0 Å². The van der Waals surface area contributed by atoms with Gasteiger partial charge in [0.05, 0.1) is 18.8 Å². The number of rotatable bonds is 38. The van der Waals surface area contributed by atoms with E-state index in [9.17, 15) is 15.0 Å². The standard InChI is InChI=1S/C44H83NO3/c1-3-5-7-9-11-13-15-17-19-21-22-24-26-28-30-32-34-36-38-40-44(48)45-42(41-46)43(47)39-37-35-33-31-29-27-25-23-20-18-16-14-12-10-8-6-4-2/h17,19,29,31,37,39,42-43,46-47H,3-16,18,20-28,30,32-36,38,40-41H2,1-2H3,(H,45,48)/b19-17+,31-29+,39-37+/t42-,43+/m0/s1. The fourth-order valence-corrected chi connectivity index (χ4v) is 6.31. The van der Waals surface area contributed by atoms with E-state index in [0.717, 1.165) is 32.1 Å². The van der Waals surface area contributed by atoms with Crippen LogP contribution < -0.4 is 5.32 Å². The molecule has 3 N–H and O–H groups in total. The first kappa shape index (κ1) is 46.6. The Hall–Kier alpha value is -1.39. The smallest absolute Gasteiger partial charge is 0.220 e. The zero-order valence-electron chi connectivity index (χ0n) is 32.3. The number of hydrogen-bond donors (Lipinski definition) is 3. The Morgan fingerprint density at radius 3 is 1.21 bits per heavy atom. The molecule has 0 saturated carbocycles. The van der Waals surface area contributed by atoms with Gasteiger partial charge in [0.2, 0.25) is 5.91 Å². The Morgan fingerprint density at radius 2 is 0.812 bits per heavy atom. The van der Waals surface area contributed by atoms with Crippen LogP contribution in [0.3, 0.4) is 0 Å². The number of hydrogen-bond acceptors (Lipinski definition) is 3. The molecule has 4 heteroatoms. The second-order valence-corrected chi connectivity index (χ2v) is 14.4. The second kappa shape index (κ2) is 40.0. The summed E-state index contributed by atoms with van der Waals surface area (Å²) in [6.07, 6.45) is 52.4. The quantitative estimate of drug-likeness (QED) is 0.0451. The van der Waals surface area contributed by atoms with Gasteiger partial charge in [0, 0.05) is 6.42 Å².